The summed E-state index contributed by atoms with van der Waals surface area (Å²) < 4.78 is 6.00. The molecule has 0 N–H and O–H groups in total. The third-order valence-electron chi connectivity index (χ3n) is 9.13. The predicted octanol–water partition coefficient (Wildman–Crippen LogP) is 10.5. The number of fused-ring (bicyclic) bond motifs is 6. The zero-order valence-electron chi connectivity index (χ0n) is 28.0. The second kappa shape index (κ2) is 13.3. The van der Waals surface area contributed by atoms with Crippen LogP contribution in [0.2, 0.25) is 0 Å². The Morgan fingerprint density at radius 1 is 0.558 bits per heavy atom. The topological polar surface area (TPSA) is 88.9 Å². The van der Waals surface area contributed by atoms with E-state index in [0.717, 1.165) is 83.1 Å². The summed E-state index contributed by atoms with van der Waals surface area (Å²) in [4.78, 5) is 28.9. The molecule has 0 unspecified atom stereocenters. The number of aliphatic imine (C=N–C) groups is 3. The average Bonchev–Trinajstić information content (AvgIpc) is 3.59. The van der Waals surface area contributed by atoms with E-state index in [0.29, 0.717) is 18.2 Å². The zero-order valence-corrected chi connectivity index (χ0v) is 28.0. The Bertz CT molecular complexity index is 2820. The van der Waals surface area contributed by atoms with E-state index >= 15 is 0 Å². The molecule has 0 aliphatic rings. The zero-order chi connectivity index (χ0) is 34.9. The summed E-state index contributed by atoms with van der Waals surface area (Å²) in [6.45, 7) is 4.21. The summed E-state index contributed by atoms with van der Waals surface area (Å²) in [5.74, 6) is 1.12. The van der Waals surface area contributed by atoms with Gasteiger partial charge >= 0.3 is 0 Å². The molecule has 0 atom stereocenters. The van der Waals surface area contributed by atoms with Crippen LogP contribution in [0.3, 0.4) is 0 Å². The largest absolute Gasteiger partial charge is 0.454 e. The van der Waals surface area contributed by atoms with Crippen molar-refractivity contribution in [3.63, 3.8) is 0 Å². The van der Waals surface area contributed by atoms with Gasteiger partial charge in [-0.05, 0) is 36.5 Å². The van der Waals surface area contributed by atoms with Gasteiger partial charge in [0.1, 0.15) is 5.58 Å². The van der Waals surface area contributed by atoms with E-state index in [4.69, 9.17) is 29.4 Å². The maximum Gasteiger partial charge on any atom is 0.161 e. The third-order valence-corrected chi connectivity index (χ3v) is 9.13. The van der Waals surface area contributed by atoms with Gasteiger partial charge in [-0.1, -0.05) is 127 Å². The fraction of sp³-hybridized carbons (Fsp3) is 0.0222. The molecule has 0 spiro atoms. The number of amidine groups is 2. The predicted molar refractivity (Wildman–Crippen MR) is 212 cm³/mol. The van der Waals surface area contributed by atoms with Crippen LogP contribution < -0.4 is 0 Å². The van der Waals surface area contributed by atoms with E-state index in [1.807, 2.05) is 84.9 Å². The minimum atomic E-state index is 0.449. The molecule has 0 saturated carbocycles. The van der Waals surface area contributed by atoms with Crippen molar-refractivity contribution in [1.82, 2.24) is 15.0 Å². The standard InChI is InChI=1S/C45H30N6O/c1-46-44(33-10-4-2-5-11-33)51-45(34-12-6-3-7-13-34)48-27-29-16-18-30(19-17-29)37-24-22-31-20-21-32-23-25-38(50-43(32)42(31)49-37)39-26-36-35-14-8-9-15-40(35)52-41(36)28-47-39/h2-26,28H,1,27H2. The molecule has 0 aliphatic heterocycles. The van der Waals surface area contributed by atoms with E-state index in [1.165, 1.54) is 0 Å². The maximum absolute atomic E-state index is 6.00. The molecular formula is C45H30N6O. The van der Waals surface area contributed by atoms with Crippen molar-refractivity contribution in [2.45, 2.75) is 6.54 Å². The molecule has 0 bridgehead atoms. The number of pyridine rings is 3. The van der Waals surface area contributed by atoms with Crippen molar-refractivity contribution in [3.05, 3.63) is 175 Å². The van der Waals surface area contributed by atoms with Gasteiger partial charge in [0, 0.05) is 38.2 Å². The van der Waals surface area contributed by atoms with E-state index < -0.39 is 0 Å². The highest BCUT2D eigenvalue weighted by Crippen LogP contribution is 2.32. The first-order chi connectivity index (χ1) is 25.7. The summed E-state index contributed by atoms with van der Waals surface area (Å²) >= 11 is 0. The van der Waals surface area contributed by atoms with Gasteiger partial charge in [0.2, 0.25) is 0 Å². The number of aromatic nitrogens is 3. The molecular weight excluding hydrogens is 641 g/mol. The second-order valence-electron chi connectivity index (χ2n) is 12.4. The normalized spacial score (nSPS) is 12.2. The molecule has 9 aromatic rings. The van der Waals surface area contributed by atoms with Gasteiger partial charge in [0.05, 0.1) is 40.9 Å². The van der Waals surface area contributed by atoms with E-state index in [2.05, 4.69) is 78.4 Å². The van der Waals surface area contributed by atoms with Crippen LogP contribution in [0.1, 0.15) is 16.7 Å². The van der Waals surface area contributed by atoms with E-state index in [9.17, 15) is 0 Å². The molecule has 0 amide bonds. The van der Waals surface area contributed by atoms with Crippen LogP contribution in [-0.2, 0) is 6.54 Å². The Morgan fingerprint density at radius 2 is 1.17 bits per heavy atom. The van der Waals surface area contributed by atoms with Crippen LogP contribution in [0.4, 0.5) is 0 Å². The lowest BCUT2D eigenvalue weighted by molar-refractivity contribution is 0.667. The molecule has 4 heterocycles. The first kappa shape index (κ1) is 30.9. The highest BCUT2D eigenvalue weighted by Gasteiger charge is 2.13. The molecule has 9 rings (SSSR count). The molecule has 246 valence electrons. The summed E-state index contributed by atoms with van der Waals surface area (Å²) in [6.07, 6.45) is 1.78. The summed E-state index contributed by atoms with van der Waals surface area (Å²) in [7, 11) is 0. The molecule has 52 heavy (non-hydrogen) atoms. The quantitative estimate of drug-likeness (QED) is 0.100. The van der Waals surface area contributed by atoms with Crippen molar-refractivity contribution in [2.24, 2.45) is 15.0 Å². The molecule has 0 saturated heterocycles. The van der Waals surface area contributed by atoms with Gasteiger partial charge in [-0.15, -0.1) is 0 Å². The average molecular weight is 671 g/mol. The lowest BCUT2D eigenvalue weighted by Gasteiger charge is -2.09. The lowest BCUT2D eigenvalue weighted by atomic mass is 10.1. The number of nitrogens with zero attached hydrogens (tertiary/aromatic N) is 6. The minimum Gasteiger partial charge on any atom is -0.454 e. The van der Waals surface area contributed by atoms with Crippen molar-refractivity contribution in [2.75, 3.05) is 0 Å². The number of rotatable bonds is 6. The number of hydrogen-bond acceptors (Lipinski definition) is 5. The van der Waals surface area contributed by atoms with Crippen LogP contribution >= 0.6 is 0 Å². The number of benzene rings is 5. The Labute approximate surface area is 299 Å². The Hall–Kier alpha value is -7.12. The lowest BCUT2D eigenvalue weighted by Crippen LogP contribution is -2.05. The van der Waals surface area contributed by atoms with Gasteiger partial charge in [0.25, 0.3) is 0 Å². The molecule has 0 aliphatic carbocycles. The van der Waals surface area contributed by atoms with Gasteiger partial charge in [-0.3, -0.25) is 9.98 Å². The van der Waals surface area contributed by atoms with Gasteiger partial charge in [0.15, 0.2) is 17.3 Å². The number of para-hydroxylation sites is 1. The fourth-order valence-electron chi connectivity index (χ4n) is 6.45. The molecule has 5 aromatic carbocycles. The van der Waals surface area contributed by atoms with Crippen LogP contribution in [0, 0.1) is 0 Å². The Morgan fingerprint density at radius 3 is 1.88 bits per heavy atom. The van der Waals surface area contributed by atoms with E-state index in [1.54, 1.807) is 6.20 Å². The number of furan rings is 1. The highest BCUT2D eigenvalue weighted by molar-refractivity contribution is 6.12. The molecule has 7 nitrogen and oxygen atoms in total. The fourth-order valence-corrected chi connectivity index (χ4v) is 6.45. The van der Waals surface area contributed by atoms with Crippen LogP contribution in [-0.4, -0.2) is 33.3 Å². The second-order valence-corrected chi connectivity index (χ2v) is 12.4. The van der Waals surface area contributed by atoms with Gasteiger partial charge in [-0.2, -0.15) is 0 Å². The Kier molecular flexibility index (Phi) is 7.91. The van der Waals surface area contributed by atoms with Crippen molar-refractivity contribution in [3.8, 4) is 22.6 Å². The molecule has 7 heteroatoms. The maximum atomic E-state index is 6.00. The monoisotopic (exact) mass is 670 g/mol. The minimum absolute atomic E-state index is 0.449. The molecule has 0 fully saturated rings. The molecule has 0 radical (unpaired) electrons. The van der Waals surface area contributed by atoms with E-state index in [-0.39, 0.29) is 0 Å². The summed E-state index contributed by atoms with van der Waals surface area (Å²) in [6, 6.07) is 50.6. The first-order valence-corrected chi connectivity index (χ1v) is 17.0. The third kappa shape index (κ3) is 5.90. The van der Waals surface area contributed by atoms with Crippen molar-refractivity contribution < 1.29 is 4.42 Å². The van der Waals surface area contributed by atoms with Crippen molar-refractivity contribution in [1.29, 1.82) is 0 Å². The van der Waals surface area contributed by atoms with Crippen molar-refractivity contribution >= 4 is 62.1 Å². The smallest absolute Gasteiger partial charge is 0.161 e. The summed E-state index contributed by atoms with van der Waals surface area (Å²) in [5.41, 5.74) is 9.55. The Balaban J connectivity index is 1.03. The van der Waals surface area contributed by atoms with Crippen LogP contribution in [0.5, 0.6) is 0 Å². The number of hydrogen-bond donors (Lipinski definition) is 0. The highest BCUT2D eigenvalue weighted by atomic mass is 16.3. The van der Waals surface area contributed by atoms with Gasteiger partial charge in [-0.25, -0.2) is 20.0 Å². The summed E-state index contributed by atoms with van der Waals surface area (Å²) in [5, 5.41) is 4.12. The first-order valence-electron chi connectivity index (χ1n) is 17.0. The van der Waals surface area contributed by atoms with Crippen LogP contribution in [0.25, 0.3) is 66.4 Å². The van der Waals surface area contributed by atoms with Gasteiger partial charge < -0.3 is 4.42 Å². The molecule has 4 aromatic heterocycles. The van der Waals surface area contributed by atoms with Crippen LogP contribution in [0.15, 0.2) is 177 Å². The SMILES string of the molecule is C=NC(=NC(=NCc1ccc(-c2ccc3ccc4ccc(-c5cc6c(cn5)oc5ccccc56)nc4c3n2)cc1)c1ccccc1)c1ccccc1.